The lowest BCUT2D eigenvalue weighted by atomic mass is 10.0. The third kappa shape index (κ3) is 6.15. The molecule has 128 valence electrons. The Kier molecular flexibility index (Phi) is 6.79. The minimum absolute atomic E-state index is 0.0424. The van der Waals surface area contributed by atoms with Gasteiger partial charge in [-0.15, -0.1) is 0 Å². The van der Waals surface area contributed by atoms with Gasteiger partial charge < -0.3 is 10.1 Å². The highest BCUT2D eigenvalue weighted by atomic mass is 16.5. The van der Waals surface area contributed by atoms with Gasteiger partial charge in [0.2, 0.25) is 0 Å². The van der Waals surface area contributed by atoms with Crippen LogP contribution in [0, 0.1) is 18.8 Å². The summed E-state index contributed by atoms with van der Waals surface area (Å²) in [5.41, 5.74) is 3.49. The fourth-order valence-electron chi connectivity index (χ4n) is 2.18. The first-order chi connectivity index (χ1) is 12.1. The van der Waals surface area contributed by atoms with Crippen LogP contribution in [0.25, 0.3) is 0 Å². The summed E-state index contributed by atoms with van der Waals surface area (Å²) in [5.74, 6) is 6.11. The van der Waals surface area contributed by atoms with Crippen LogP contribution in [0.4, 0.5) is 4.79 Å². The van der Waals surface area contributed by atoms with E-state index in [-0.39, 0.29) is 12.4 Å². The second kappa shape index (κ2) is 9.29. The third-order valence-electron chi connectivity index (χ3n) is 3.59. The molecule has 2 rings (SSSR count). The van der Waals surface area contributed by atoms with Crippen LogP contribution < -0.4 is 5.32 Å². The second-order valence-corrected chi connectivity index (χ2v) is 5.63. The van der Waals surface area contributed by atoms with Gasteiger partial charge in [-0.2, -0.15) is 0 Å². The SMILES string of the molecule is CC(=O)c1ccc(C#CCCNC(=O)OCc2ccccc2)c(C)c1. The molecule has 2 aromatic rings. The van der Waals surface area contributed by atoms with Crippen molar-refractivity contribution in [1.29, 1.82) is 0 Å². The summed E-state index contributed by atoms with van der Waals surface area (Å²) in [4.78, 5) is 22.9. The molecule has 4 heteroatoms. The van der Waals surface area contributed by atoms with E-state index >= 15 is 0 Å². The van der Waals surface area contributed by atoms with Crippen molar-refractivity contribution in [2.75, 3.05) is 6.54 Å². The highest BCUT2D eigenvalue weighted by Gasteiger charge is 2.02. The average molecular weight is 335 g/mol. The van der Waals surface area contributed by atoms with Crippen molar-refractivity contribution in [2.24, 2.45) is 0 Å². The van der Waals surface area contributed by atoms with Crippen LogP contribution in [-0.2, 0) is 11.3 Å². The maximum atomic E-state index is 11.6. The van der Waals surface area contributed by atoms with Crippen molar-refractivity contribution >= 4 is 11.9 Å². The summed E-state index contributed by atoms with van der Waals surface area (Å²) in [6.07, 6.45) is 0.0709. The van der Waals surface area contributed by atoms with E-state index in [1.165, 1.54) is 0 Å². The first-order valence-electron chi connectivity index (χ1n) is 8.11. The maximum absolute atomic E-state index is 11.6. The molecule has 0 saturated heterocycles. The van der Waals surface area contributed by atoms with Crippen LogP contribution in [-0.4, -0.2) is 18.4 Å². The summed E-state index contributed by atoms with van der Waals surface area (Å²) in [7, 11) is 0. The molecular formula is C21H21NO3. The molecule has 0 radical (unpaired) electrons. The Hall–Kier alpha value is -3.06. The highest BCUT2D eigenvalue weighted by Crippen LogP contribution is 2.10. The molecule has 0 aliphatic carbocycles. The number of carbonyl (C=O) groups is 2. The van der Waals surface area contributed by atoms with Crippen LogP contribution >= 0.6 is 0 Å². The Bertz CT molecular complexity index is 801. The van der Waals surface area contributed by atoms with Crippen molar-refractivity contribution in [3.05, 3.63) is 70.8 Å². The Morgan fingerprint density at radius 1 is 1.12 bits per heavy atom. The quantitative estimate of drug-likeness (QED) is 0.513. The van der Waals surface area contributed by atoms with Crippen LogP contribution in [0.2, 0.25) is 0 Å². The number of rotatable bonds is 5. The number of ether oxygens (including phenoxy) is 1. The summed E-state index contributed by atoms with van der Waals surface area (Å²) >= 11 is 0. The third-order valence-corrected chi connectivity index (χ3v) is 3.59. The van der Waals surface area contributed by atoms with Crippen molar-refractivity contribution in [3.63, 3.8) is 0 Å². The number of alkyl carbamates (subject to hydrolysis) is 1. The van der Waals surface area contributed by atoms with Gasteiger partial charge in [0, 0.05) is 24.1 Å². The number of benzene rings is 2. The lowest BCUT2D eigenvalue weighted by molar-refractivity contribution is 0.101. The van der Waals surface area contributed by atoms with Gasteiger partial charge in [-0.3, -0.25) is 4.79 Å². The Morgan fingerprint density at radius 3 is 2.56 bits per heavy atom. The number of aryl methyl sites for hydroxylation is 1. The standard InChI is InChI=1S/C21H21NO3/c1-16-14-20(17(2)23)12-11-19(16)10-6-7-13-22-21(24)25-15-18-8-4-3-5-9-18/h3-5,8-9,11-12,14H,7,13,15H2,1-2H3,(H,22,24). The number of nitrogens with one attached hydrogen (secondary N) is 1. The molecule has 0 spiro atoms. The number of amides is 1. The van der Waals surface area contributed by atoms with E-state index in [2.05, 4.69) is 17.2 Å². The van der Waals surface area contributed by atoms with E-state index in [1.807, 2.05) is 49.4 Å². The van der Waals surface area contributed by atoms with Gasteiger partial charge in [0.25, 0.3) is 0 Å². The zero-order valence-electron chi connectivity index (χ0n) is 14.5. The zero-order valence-corrected chi connectivity index (χ0v) is 14.5. The number of Topliss-reactive ketones (excluding diaryl/α,β-unsaturated/α-hetero) is 1. The highest BCUT2D eigenvalue weighted by molar-refractivity contribution is 5.94. The number of carbonyl (C=O) groups excluding carboxylic acids is 2. The molecule has 0 aliphatic heterocycles. The lowest BCUT2D eigenvalue weighted by Gasteiger charge is -2.05. The van der Waals surface area contributed by atoms with E-state index in [4.69, 9.17) is 4.74 Å². The molecule has 0 bridgehead atoms. The average Bonchev–Trinajstić information content (AvgIpc) is 2.61. The molecule has 0 heterocycles. The van der Waals surface area contributed by atoms with Gasteiger partial charge in [-0.05, 0) is 37.1 Å². The molecule has 0 aliphatic rings. The van der Waals surface area contributed by atoms with Crippen LogP contribution in [0.1, 0.15) is 40.4 Å². The van der Waals surface area contributed by atoms with Gasteiger partial charge >= 0.3 is 6.09 Å². The Morgan fingerprint density at radius 2 is 1.88 bits per heavy atom. The topological polar surface area (TPSA) is 55.4 Å². The molecule has 4 nitrogen and oxygen atoms in total. The fraction of sp³-hybridized carbons (Fsp3) is 0.238. The Labute approximate surface area is 148 Å². The predicted molar refractivity (Wildman–Crippen MR) is 97.3 cm³/mol. The maximum Gasteiger partial charge on any atom is 0.407 e. The summed E-state index contributed by atoms with van der Waals surface area (Å²) in [6.45, 7) is 4.14. The normalized spacial score (nSPS) is 9.68. The van der Waals surface area contributed by atoms with Crippen molar-refractivity contribution in [1.82, 2.24) is 5.32 Å². The van der Waals surface area contributed by atoms with Crippen molar-refractivity contribution in [2.45, 2.75) is 26.9 Å². The van der Waals surface area contributed by atoms with Gasteiger partial charge in [0.1, 0.15) is 6.61 Å². The zero-order chi connectivity index (χ0) is 18.1. The van der Waals surface area contributed by atoms with Gasteiger partial charge in [0.15, 0.2) is 5.78 Å². The Balaban J connectivity index is 1.73. The molecular weight excluding hydrogens is 314 g/mol. The second-order valence-electron chi connectivity index (χ2n) is 5.63. The number of hydrogen-bond acceptors (Lipinski definition) is 3. The minimum atomic E-state index is -0.451. The molecule has 0 aromatic heterocycles. The van der Waals surface area contributed by atoms with Crippen LogP contribution in [0.3, 0.4) is 0 Å². The van der Waals surface area contributed by atoms with E-state index in [9.17, 15) is 9.59 Å². The molecule has 0 fully saturated rings. The molecule has 2 aromatic carbocycles. The summed E-state index contributed by atoms with van der Waals surface area (Å²) in [5, 5.41) is 2.67. The van der Waals surface area contributed by atoms with Crippen LogP contribution in [0.15, 0.2) is 48.5 Å². The van der Waals surface area contributed by atoms with E-state index in [1.54, 1.807) is 13.0 Å². The molecule has 0 saturated carbocycles. The van der Waals surface area contributed by atoms with Crippen molar-refractivity contribution < 1.29 is 14.3 Å². The predicted octanol–water partition coefficient (Wildman–Crippen LogP) is 3.87. The van der Waals surface area contributed by atoms with Crippen molar-refractivity contribution in [3.8, 4) is 11.8 Å². The fourth-order valence-corrected chi connectivity index (χ4v) is 2.18. The molecule has 1 amide bonds. The van der Waals surface area contributed by atoms with Crippen LogP contribution in [0.5, 0.6) is 0 Å². The molecule has 25 heavy (non-hydrogen) atoms. The monoisotopic (exact) mass is 335 g/mol. The van der Waals surface area contributed by atoms with Gasteiger partial charge in [0.05, 0.1) is 0 Å². The van der Waals surface area contributed by atoms with E-state index < -0.39 is 6.09 Å². The molecule has 0 atom stereocenters. The number of ketones is 1. The van der Waals surface area contributed by atoms with E-state index in [0.717, 1.165) is 16.7 Å². The minimum Gasteiger partial charge on any atom is -0.445 e. The largest absolute Gasteiger partial charge is 0.445 e. The molecule has 1 N–H and O–H groups in total. The van der Waals surface area contributed by atoms with E-state index in [0.29, 0.717) is 18.5 Å². The molecule has 0 unspecified atom stereocenters. The lowest BCUT2D eigenvalue weighted by Crippen LogP contribution is -2.24. The summed E-state index contributed by atoms with van der Waals surface area (Å²) in [6, 6.07) is 15.0. The first kappa shape index (κ1) is 18.3. The summed E-state index contributed by atoms with van der Waals surface area (Å²) < 4.78 is 5.12. The smallest absolute Gasteiger partial charge is 0.407 e. The number of hydrogen-bond donors (Lipinski definition) is 1. The van der Waals surface area contributed by atoms with Gasteiger partial charge in [-0.1, -0.05) is 48.2 Å². The van der Waals surface area contributed by atoms with Gasteiger partial charge in [-0.25, -0.2) is 4.79 Å². The first-order valence-corrected chi connectivity index (χ1v) is 8.11.